The normalized spacial score (nSPS) is 11.2. The van der Waals surface area contributed by atoms with Crippen LogP contribution in [0.15, 0.2) is 83.9 Å². The van der Waals surface area contributed by atoms with Crippen LogP contribution in [0.5, 0.6) is 0 Å². The van der Waals surface area contributed by atoms with Crippen molar-refractivity contribution in [2.75, 3.05) is 0 Å². The Morgan fingerprint density at radius 1 is 0.828 bits per heavy atom. The van der Waals surface area contributed by atoms with Crippen molar-refractivity contribution in [2.45, 2.75) is 30.8 Å². The number of aryl methyl sites for hydroxylation is 1. The summed E-state index contributed by atoms with van der Waals surface area (Å²) in [6, 6.07) is 21.5. The number of nitrogens with zero attached hydrogens (tertiary/aromatic N) is 1. The minimum atomic E-state index is -3.58. The SMILES string of the molecule is O=C(CCc1ccc(S(=O)(=O)NCc2ccccc2)cc1)NCc1ccccn1. The molecule has 6 nitrogen and oxygen atoms in total. The van der Waals surface area contributed by atoms with Crippen molar-refractivity contribution in [3.8, 4) is 0 Å². The number of amides is 1. The number of carbonyl (C=O) groups excluding carboxylic acids is 1. The average molecular weight is 410 g/mol. The summed E-state index contributed by atoms with van der Waals surface area (Å²) in [5.74, 6) is -0.0723. The number of nitrogens with one attached hydrogen (secondary N) is 2. The molecule has 2 aromatic carbocycles. The molecule has 3 rings (SSSR count). The van der Waals surface area contributed by atoms with Crippen LogP contribution in [0.4, 0.5) is 0 Å². The van der Waals surface area contributed by atoms with Gasteiger partial charge < -0.3 is 5.32 Å². The number of sulfonamides is 1. The van der Waals surface area contributed by atoms with Gasteiger partial charge in [-0.1, -0.05) is 48.5 Å². The van der Waals surface area contributed by atoms with Gasteiger partial charge in [-0.2, -0.15) is 0 Å². The van der Waals surface area contributed by atoms with E-state index in [0.717, 1.165) is 16.8 Å². The molecular formula is C22H23N3O3S. The summed E-state index contributed by atoms with van der Waals surface area (Å²) in [6.07, 6.45) is 2.54. The number of pyridine rings is 1. The molecule has 0 fully saturated rings. The van der Waals surface area contributed by atoms with E-state index in [0.29, 0.717) is 19.4 Å². The Balaban J connectivity index is 1.48. The Kier molecular flexibility index (Phi) is 7.10. The third kappa shape index (κ3) is 6.51. The zero-order valence-corrected chi connectivity index (χ0v) is 16.7. The minimum Gasteiger partial charge on any atom is -0.350 e. The molecule has 1 aromatic heterocycles. The second-order valence-corrected chi connectivity index (χ2v) is 8.32. The smallest absolute Gasteiger partial charge is 0.240 e. The van der Waals surface area contributed by atoms with Gasteiger partial charge >= 0.3 is 0 Å². The maximum absolute atomic E-state index is 12.4. The standard InChI is InChI=1S/C22H23N3O3S/c26-22(24-17-20-8-4-5-15-23-20)14-11-18-9-12-21(13-10-18)29(27,28)25-16-19-6-2-1-3-7-19/h1-10,12-13,15,25H,11,14,16-17H2,(H,24,26). The molecule has 0 saturated carbocycles. The zero-order chi connectivity index (χ0) is 20.5. The van der Waals surface area contributed by atoms with Crippen molar-refractivity contribution in [3.63, 3.8) is 0 Å². The summed E-state index contributed by atoms with van der Waals surface area (Å²) >= 11 is 0. The molecule has 0 aliphatic heterocycles. The molecule has 0 saturated heterocycles. The van der Waals surface area contributed by atoms with Crippen molar-refractivity contribution in [3.05, 3.63) is 95.8 Å². The second-order valence-electron chi connectivity index (χ2n) is 6.55. The van der Waals surface area contributed by atoms with Crippen LogP contribution in [0.2, 0.25) is 0 Å². The number of hydrogen-bond donors (Lipinski definition) is 2. The molecule has 150 valence electrons. The monoisotopic (exact) mass is 409 g/mol. The van der Waals surface area contributed by atoms with E-state index in [1.165, 1.54) is 0 Å². The summed E-state index contributed by atoms with van der Waals surface area (Å²) in [4.78, 5) is 16.4. The van der Waals surface area contributed by atoms with Crippen molar-refractivity contribution < 1.29 is 13.2 Å². The largest absolute Gasteiger partial charge is 0.350 e. The predicted octanol–water partition coefficient (Wildman–Crippen LogP) is 2.81. The van der Waals surface area contributed by atoms with Crippen LogP contribution in [-0.2, 0) is 34.3 Å². The van der Waals surface area contributed by atoms with E-state index in [-0.39, 0.29) is 17.3 Å². The van der Waals surface area contributed by atoms with Crippen molar-refractivity contribution >= 4 is 15.9 Å². The molecule has 0 radical (unpaired) electrons. The lowest BCUT2D eigenvalue weighted by molar-refractivity contribution is -0.121. The summed E-state index contributed by atoms with van der Waals surface area (Å²) in [5, 5.41) is 2.83. The molecule has 1 heterocycles. The fourth-order valence-electron chi connectivity index (χ4n) is 2.73. The van der Waals surface area contributed by atoms with Crippen molar-refractivity contribution in [2.24, 2.45) is 0 Å². The molecule has 7 heteroatoms. The van der Waals surface area contributed by atoms with Crippen molar-refractivity contribution in [1.82, 2.24) is 15.0 Å². The molecule has 0 unspecified atom stereocenters. The van der Waals surface area contributed by atoms with Crippen LogP contribution >= 0.6 is 0 Å². The molecule has 0 spiro atoms. The highest BCUT2D eigenvalue weighted by Crippen LogP contribution is 2.13. The van der Waals surface area contributed by atoms with Gasteiger partial charge in [0, 0.05) is 19.2 Å². The van der Waals surface area contributed by atoms with E-state index in [1.54, 1.807) is 30.5 Å². The summed E-state index contributed by atoms with van der Waals surface area (Å²) in [7, 11) is -3.58. The number of aromatic nitrogens is 1. The van der Waals surface area contributed by atoms with E-state index in [1.807, 2.05) is 48.5 Å². The lowest BCUT2D eigenvalue weighted by Crippen LogP contribution is -2.23. The number of benzene rings is 2. The van der Waals surface area contributed by atoms with Crippen LogP contribution in [0.3, 0.4) is 0 Å². The molecule has 0 atom stereocenters. The Morgan fingerprint density at radius 3 is 2.24 bits per heavy atom. The van der Waals surface area contributed by atoms with Crippen LogP contribution < -0.4 is 10.0 Å². The lowest BCUT2D eigenvalue weighted by Gasteiger charge is -2.08. The van der Waals surface area contributed by atoms with Gasteiger partial charge in [-0.15, -0.1) is 0 Å². The Morgan fingerprint density at radius 2 is 1.55 bits per heavy atom. The molecular weight excluding hydrogens is 386 g/mol. The fraction of sp³-hybridized carbons (Fsp3) is 0.182. The number of carbonyl (C=O) groups is 1. The molecule has 1 amide bonds. The summed E-state index contributed by atoms with van der Waals surface area (Å²) in [6.45, 7) is 0.630. The van der Waals surface area contributed by atoms with Crippen molar-refractivity contribution in [1.29, 1.82) is 0 Å². The minimum absolute atomic E-state index is 0.0723. The topological polar surface area (TPSA) is 88.2 Å². The third-order valence-electron chi connectivity index (χ3n) is 4.38. The van der Waals surface area contributed by atoms with E-state index < -0.39 is 10.0 Å². The van der Waals surface area contributed by atoms with Gasteiger partial charge in [-0.05, 0) is 41.8 Å². The molecule has 29 heavy (non-hydrogen) atoms. The van der Waals surface area contributed by atoms with E-state index >= 15 is 0 Å². The predicted molar refractivity (Wildman–Crippen MR) is 111 cm³/mol. The van der Waals surface area contributed by atoms with Gasteiger partial charge in [0.15, 0.2) is 0 Å². The Labute approximate surface area is 171 Å². The zero-order valence-electron chi connectivity index (χ0n) is 15.9. The first kappa shape index (κ1) is 20.7. The highest BCUT2D eigenvalue weighted by molar-refractivity contribution is 7.89. The molecule has 0 bridgehead atoms. The maximum atomic E-state index is 12.4. The average Bonchev–Trinajstić information content (AvgIpc) is 2.77. The number of rotatable bonds is 9. The summed E-state index contributed by atoms with van der Waals surface area (Å²) < 4.78 is 27.4. The van der Waals surface area contributed by atoms with Crippen LogP contribution in [0, 0.1) is 0 Å². The van der Waals surface area contributed by atoms with Gasteiger partial charge in [0.25, 0.3) is 0 Å². The quantitative estimate of drug-likeness (QED) is 0.569. The maximum Gasteiger partial charge on any atom is 0.240 e. The van der Waals surface area contributed by atoms with Gasteiger partial charge in [0.05, 0.1) is 17.1 Å². The Bertz CT molecular complexity index is 1020. The van der Waals surface area contributed by atoms with Gasteiger partial charge in [0.2, 0.25) is 15.9 Å². The molecule has 0 aliphatic rings. The second kappa shape index (κ2) is 9.95. The van der Waals surface area contributed by atoms with Gasteiger partial charge in [-0.25, -0.2) is 13.1 Å². The van der Waals surface area contributed by atoms with Gasteiger partial charge in [0.1, 0.15) is 0 Å². The molecule has 3 aromatic rings. The molecule has 2 N–H and O–H groups in total. The lowest BCUT2D eigenvalue weighted by atomic mass is 10.1. The first-order chi connectivity index (χ1) is 14.0. The van der Waals surface area contributed by atoms with Crippen LogP contribution in [0.25, 0.3) is 0 Å². The van der Waals surface area contributed by atoms with Gasteiger partial charge in [-0.3, -0.25) is 9.78 Å². The highest BCUT2D eigenvalue weighted by Gasteiger charge is 2.13. The van der Waals surface area contributed by atoms with E-state index in [2.05, 4.69) is 15.0 Å². The number of hydrogen-bond acceptors (Lipinski definition) is 4. The van der Waals surface area contributed by atoms with E-state index in [4.69, 9.17) is 0 Å². The Hall–Kier alpha value is -3.03. The first-order valence-electron chi connectivity index (χ1n) is 9.32. The van der Waals surface area contributed by atoms with Crippen LogP contribution in [-0.4, -0.2) is 19.3 Å². The highest BCUT2D eigenvalue weighted by atomic mass is 32.2. The fourth-order valence-corrected chi connectivity index (χ4v) is 3.75. The first-order valence-corrected chi connectivity index (χ1v) is 10.8. The third-order valence-corrected chi connectivity index (χ3v) is 5.79. The molecule has 0 aliphatic carbocycles. The van der Waals surface area contributed by atoms with E-state index in [9.17, 15) is 13.2 Å². The van der Waals surface area contributed by atoms with Crippen LogP contribution in [0.1, 0.15) is 23.2 Å². The summed E-state index contributed by atoms with van der Waals surface area (Å²) in [5.41, 5.74) is 2.60.